The molecule has 2 rings (SSSR count). The van der Waals surface area contributed by atoms with Gasteiger partial charge < -0.3 is 9.47 Å². The first-order chi connectivity index (χ1) is 8.38. The first-order valence-electron chi connectivity index (χ1n) is 6.85. The molecule has 0 bridgehead atoms. The Morgan fingerprint density at radius 3 is 2.39 bits per heavy atom. The van der Waals surface area contributed by atoms with Gasteiger partial charge in [-0.1, -0.05) is 6.92 Å². The number of hydrogen-bond donors (Lipinski definition) is 0. The van der Waals surface area contributed by atoms with E-state index in [-0.39, 0.29) is 11.4 Å². The average Bonchev–Trinajstić information content (AvgIpc) is 2.78. The first kappa shape index (κ1) is 13.2. The lowest BCUT2D eigenvalue weighted by Crippen LogP contribution is -2.37. The van der Waals surface area contributed by atoms with Gasteiger partial charge in [0.2, 0.25) is 0 Å². The zero-order valence-electron chi connectivity index (χ0n) is 11.9. The smallest absolute Gasteiger partial charge is 0.255 e. The SMILES string of the molecule is CC1CCN(C(=O)c2ccn(C(C)(C)C)c2)CC1. The average molecular weight is 248 g/mol. The third-order valence-corrected chi connectivity index (χ3v) is 3.79. The summed E-state index contributed by atoms with van der Waals surface area (Å²) in [6, 6.07) is 1.94. The van der Waals surface area contributed by atoms with Gasteiger partial charge in [0.15, 0.2) is 0 Å². The zero-order valence-corrected chi connectivity index (χ0v) is 11.9. The Morgan fingerprint density at radius 1 is 1.28 bits per heavy atom. The molecule has 0 radical (unpaired) electrons. The van der Waals surface area contributed by atoms with Crippen molar-refractivity contribution in [3.8, 4) is 0 Å². The molecule has 1 amide bonds. The van der Waals surface area contributed by atoms with Gasteiger partial charge >= 0.3 is 0 Å². The maximum absolute atomic E-state index is 12.4. The zero-order chi connectivity index (χ0) is 13.3. The topological polar surface area (TPSA) is 25.2 Å². The highest BCUT2D eigenvalue weighted by Crippen LogP contribution is 2.20. The quantitative estimate of drug-likeness (QED) is 0.749. The molecule has 0 spiro atoms. The summed E-state index contributed by atoms with van der Waals surface area (Å²) in [6.07, 6.45) is 6.23. The van der Waals surface area contributed by atoms with E-state index in [2.05, 4.69) is 32.3 Å². The highest BCUT2D eigenvalue weighted by atomic mass is 16.2. The van der Waals surface area contributed by atoms with Gasteiger partial charge in [0.1, 0.15) is 0 Å². The van der Waals surface area contributed by atoms with Crippen LogP contribution in [-0.4, -0.2) is 28.5 Å². The largest absolute Gasteiger partial charge is 0.348 e. The fourth-order valence-electron chi connectivity index (χ4n) is 2.33. The molecule has 1 aliphatic heterocycles. The Morgan fingerprint density at radius 2 is 1.89 bits per heavy atom. The van der Waals surface area contributed by atoms with Crippen molar-refractivity contribution in [3.05, 3.63) is 24.0 Å². The molecule has 0 saturated carbocycles. The van der Waals surface area contributed by atoms with Crippen LogP contribution in [-0.2, 0) is 5.54 Å². The van der Waals surface area contributed by atoms with E-state index in [1.165, 1.54) is 0 Å². The third kappa shape index (κ3) is 2.77. The van der Waals surface area contributed by atoms with Gasteiger partial charge in [0.05, 0.1) is 5.56 Å². The van der Waals surface area contributed by atoms with E-state index in [0.29, 0.717) is 0 Å². The molecule has 0 N–H and O–H groups in total. The lowest BCUT2D eigenvalue weighted by atomic mass is 9.99. The highest BCUT2D eigenvalue weighted by Gasteiger charge is 2.23. The Labute approximate surface area is 110 Å². The van der Waals surface area contributed by atoms with Gasteiger partial charge in [0.25, 0.3) is 5.91 Å². The van der Waals surface area contributed by atoms with E-state index in [4.69, 9.17) is 0 Å². The van der Waals surface area contributed by atoms with E-state index in [9.17, 15) is 4.79 Å². The van der Waals surface area contributed by atoms with Crippen LogP contribution in [0.25, 0.3) is 0 Å². The van der Waals surface area contributed by atoms with Crippen LogP contribution >= 0.6 is 0 Å². The van der Waals surface area contributed by atoms with Crippen LogP contribution in [0.2, 0.25) is 0 Å². The summed E-state index contributed by atoms with van der Waals surface area (Å²) in [7, 11) is 0. The summed E-state index contributed by atoms with van der Waals surface area (Å²) in [6.45, 7) is 10.5. The summed E-state index contributed by atoms with van der Waals surface area (Å²) < 4.78 is 2.10. The van der Waals surface area contributed by atoms with Crippen LogP contribution in [0.15, 0.2) is 18.5 Å². The summed E-state index contributed by atoms with van der Waals surface area (Å²) in [5.74, 6) is 0.943. The molecule has 0 atom stereocenters. The minimum absolute atomic E-state index is 0.0366. The number of likely N-dealkylation sites (tertiary alicyclic amines) is 1. The highest BCUT2D eigenvalue weighted by molar-refractivity contribution is 5.94. The molecule has 18 heavy (non-hydrogen) atoms. The number of amides is 1. The van der Waals surface area contributed by atoms with Crippen molar-refractivity contribution in [2.75, 3.05) is 13.1 Å². The molecule has 0 aromatic carbocycles. The van der Waals surface area contributed by atoms with Crippen LogP contribution < -0.4 is 0 Å². The van der Waals surface area contributed by atoms with E-state index < -0.39 is 0 Å². The number of piperidine rings is 1. The monoisotopic (exact) mass is 248 g/mol. The van der Waals surface area contributed by atoms with Crippen molar-refractivity contribution in [3.63, 3.8) is 0 Å². The molecule has 2 heterocycles. The summed E-state index contributed by atoms with van der Waals surface area (Å²) in [5, 5.41) is 0. The van der Waals surface area contributed by atoms with E-state index in [0.717, 1.165) is 37.4 Å². The Balaban J connectivity index is 2.07. The standard InChI is InChI=1S/C15H24N2O/c1-12-5-8-16(9-6-12)14(18)13-7-10-17(11-13)15(2,3)4/h7,10-12H,5-6,8-9H2,1-4H3. The van der Waals surface area contributed by atoms with Gasteiger partial charge in [-0.2, -0.15) is 0 Å². The van der Waals surface area contributed by atoms with Crippen molar-refractivity contribution in [1.82, 2.24) is 9.47 Å². The van der Waals surface area contributed by atoms with Gasteiger partial charge in [0, 0.05) is 31.0 Å². The Bertz CT molecular complexity index is 420. The van der Waals surface area contributed by atoms with Gasteiger partial charge in [-0.3, -0.25) is 4.79 Å². The molecule has 1 aromatic rings. The molecule has 0 aliphatic carbocycles. The molecular formula is C15H24N2O. The lowest BCUT2D eigenvalue weighted by Gasteiger charge is -2.30. The number of carbonyl (C=O) groups is 1. The second-order valence-corrected chi connectivity index (χ2v) is 6.45. The molecule has 1 aromatic heterocycles. The lowest BCUT2D eigenvalue weighted by molar-refractivity contribution is 0.0697. The normalized spacial score (nSPS) is 18.1. The van der Waals surface area contributed by atoms with E-state index in [1.807, 2.05) is 23.4 Å². The molecule has 3 heteroatoms. The molecule has 1 fully saturated rings. The van der Waals surface area contributed by atoms with E-state index in [1.54, 1.807) is 0 Å². The summed E-state index contributed by atoms with van der Waals surface area (Å²) >= 11 is 0. The predicted octanol–water partition coefficient (Wildman–Crippen LogP) is 3.12. The molecule has 0 unspecified atom stereocenters. The summed E-state index contributed by atoms with van der Waals surface area (Å²) in [4.78, 5) is 14.3. The second kappa shape index (κ2) is 4.79. The fraction of sp³-hybridized carbons (Fsp3) is 0.667. The van der Waals surface area contributed by atoms with Crippen LogP contribution in [0.5, 0.6) is 0 Å². The molecular weight excluding hydrogens is 224 g/mol. The van der Waals surface area contributed by atoms with Crippen molar-refractivity contribution in [2.24, 2.45) is 5.92 Å². The number of carbonyl (C=O) groups excluding carboxylic acids is 1. The van der Waals surface area contributed by atoms with Crippen molar-refractivity contribution >= 4 is 5.91 Å². The van der Waals surface area contributed by atoms with Gasteiger partial charge in [-0.05, 0) is 45.6 Å². The summed E-state index contributed by atoms with van der Waals surface area (Å²) in [5.41, 5.74) is 0.856. The van der Waals surface area contributed by atoms with Crippen molar-refractivity contribution < 1.29 is 4.79 Å². The minimum atomic E-state index is 0.0366. The van der Waals surface area contributed by atoms with Crippen molar-refractivity contribution in [2.45, 2.75) is 46.1 Å². The van der Waals surface area contributed by atoms with Crippen LogP contribution in [0, 0.1) is 5.92 Å². The molecule has 100 valence electrons. The van der Waals surface area contributed by atoms with Crippen LogP contribution in [0.1, 0.15) is 50.9 Å². The third-order valence-electron chi connectivity index (χ3n) is 3.79. The molecule has 3 nitrogen and oxygen atoms in total. The van der Waals surface area contributed by atoms with Crippen LogP contribution in [0.4, 0.5) is 0 Å². The molecule has 1 saturated heterocycles. The van der Waals surface area contributed by atoms with Gasteiger partial charge in [-0.15, -0.1) is 0 Å². The Kier molecular flexibility index (Phi) is 3.51. The predicted molar refractivity (Wildman–Crippen MR) is 73.7 cm³/mol. The second-order valence-electron chi connectivity index (χ2n) is 6.45. The minimum Gasteiger partial charge on any atom is -0.348 e. The van der Waals surface area contributed by atoms with Crippen LogP contribution in [0.3, 0.4) is 0 Å². The number of nitrogens with zero attached hydrogens (tertiary/aromatic N) is 2. The number of hydrogen-bond acceptors (Lipinski definition) is 1. The van der Waals surface area contributed by atoms with Gasteiger partial charge in [-0.25, -0.2) is 0 Å². The Hall–Kier alpha value is -1.25. The molecule has 1 aliphatic rings. The maximum Gasteiger partial charge on any atom is 0.255 e. The number of rotatable bonds is 1. The maximum atomic E-state index is 12.4. The fourth-order valence-corrected chi connectivity index (χ4v) is 2.33. The van der Waals surface area contributed by atoms with E-state index >= 15 is 0 Å². The number of aromatic nitrogens is 1. The first-order valence-corrected chi connectivity index (χ1v) is 6.85. The van der Waals surface area contributed by atoms with Crippen molar-refractivity contribution in [1.29, 1.82) is 0 Å².